The molecule has 0 unspecified atom stereocenters. The van der Waals surface area contributed by atoms with Gasteiger partial charge < -0.3 is 4.90 Å². The highest BCUT2D eigenvalue weighted by atomic mass is 15.1. The molecule has 0 aromatic carbocycles. The van der Waals surface area contributed by atoms with Crippen LogP contribution in [0.5, 0.6) is 0 Å². The molecule has 0 bridgehead atoms. The maximum absolute atomic E-state index is 4.50. The summed E-state index contributed by atoms with van der Waals surface area (Å²) in [4.78, 5) is 11.0. The molecule has 20 heavy (non-hydrogen) atoms. The molecule has 106 valence electrons. The fourth-order valence-electron chi connectivity index (χ4n) is 2.21. The summed E-state index contributed by atoms with van der Waals surface area (Å²) >= 11 is 0. The van der Waals surface area contributed by atoms with Crippen LogP contribution in [0.1, 0.15) is 30.2 Å². The molecule has 0 saturated heterocycles. The second-order valence-electron chi connectivity index (χ2n) is 5.21. The van der Waals surface area contributed by atoms with E-state index in [1.54, 1.807) is 0 Å². The van der Waals surface area contributed by atoms with Gasteiger partial charge in [0, 0.05) is 25.1 Å². The van der Waals surface area contributed by atoms with Gasteiger partial charge in [-0.3, -0.25) is 9.97 Å². The Morgan fingerprint density at radius 2 is 2.00 bits per heavy atom. The van der Waals surface area contributed by atoms with Crippen LogP contribution in [-0.4, -0.2) is 28.5 Å². The van der Waals surface area contributed by atoms with Crippen molar-refractivity contribution in [1.82, 2.24) is 14.9 Å². The molecule has 0 aliphatic rings. The zero-order chi connectivity index (χ0) is 14.2. The van der Waals surface area contributed by atoms with Gasteiger partial charge in [-0.1, -0.05) is 19.1 Å². The van der Waals surface area contributed by atoms with E-state index in [4.69, 9.17) is 0 Å². The molecular formula is C17H23N3. The van der Waals surface area contributed by atoms with Gasteiger partial charge in [-0.25, -0.2) is 0 Å². The van der Waals surface area contributed by atoms with Crippen LogP contribution in [0.2, 0.25) is 0 Å². The summed E-state index contributed by atoms with van der Waals surface area (Å²) < 4.78 is 0. The molecular weight excluding hydrogens is 246 g/mol. The van der Waals surface area contributed by atoms with Gasteiger partial charge in [-0.15, -0.1) is 0 Å². The van der Waals surface area contributed by atoms with E-state index >= 15 is 0 Å². The Hall–Kier alpha value is -1.74. The number of pyridine rings is 2. The lowest BCUT2D eigenvalue weighted by Gasteiger charge is -2.16. The largest absolute Gasteiger partial charge is 0.301 e. The Balaban J connectivity index is 1.73. The molecule has 2 aromatic heterocycles. The number of nitrogens with zero attached hydrogens (tertiary/aromatic N) is 3. The minimum atomic E-state index is 0.914. The average molecular weight is 269 g/mol. The van der Waals surface area contributed by atoms with Crippen molar-refractivity contribution in [3.8, 4) is 0 Å². The number of aryl methyl sites for hydroxylation is 2. The van der Waals surface area contributed by atoms with Crippen molar-refractivity contribution in [2.45, 2.75) is 32.7 Å². The van der Waals surface area contributed by atoms with Crippen LogP contribution in [0.4, 0.5) is 0 Å². The normalized spacial score (nSPS) is 10.9. The summed E-state index contributed by atoms with van der Waals surface area (Å²) in [6, 6.07) is 8.44. The quantitative estimate of drug-likeness (QED) is 0.773. The zero-order valence-corrected chi connectivity index (χ0v) is 12.4. The fraction of sp³-hybridized carbons (Fsp3) is 0.412. The third kappa shape index (κ3) is 4.74. The van der Waals surface area contributed by atoms with Gasteiger partial charge in [0.05, 0.1) is 5.69 Å². The van der Waals surface area contributed by atoms with Crippen LogP contribution in [0.25, 0.3) is 0 Å². The first-order chi connectivity index (χ1) is 9.78. The predicted octanol–water partition coefficient (Wildman–Crippen LogP) is 3.10. The highest BCUT2D eigenvalue weighted by Gasteiger charge is 2.02. The molecule has 2 aromatic rings. The van der Waals surface area contributed by atoms with Crippen LogP contribution in [0.15, 0.2) is 42.9 Å². The van der Waals surface area contributed by atoms with Crippen molar-refractivity contribution in [3.05, 3.63) is 59.7 Å². The molecule has 0 amide bonds. The summed E-state index contributed by atoms with van der Waals surface area (Å²) in [5.74, 6) is 0. The maximum atomic E-state index is 4.50. The Morgan fingerprint density at radius 1 is 1.10 bits per heavy atom. The van der Waals surface area contributed by atoms with Crippen molar-refractivity contribution >= 4 is 0 Å². The summed E-state index contributed by atoms with van der Waals surface area (Å²) in [5.41, 5.74) is 3.75. The molecule has 0 saturated carbocycles. The second-order valence-corrected chi connectivity index (χ2v) is 5.21. The molecule has 0 radical (unpaired) electrons. The van der Waals surface area contributed by atoms with Crippen LogP contribution in [0.3, 0.4) is 0 Å². The minimum Gasteiger partial charge on any atom is -0.301 e. The first-order valence-electron chi connectivity index (χ1n) is 7.29. The minimum absolute atomic E-state index is 0.914. The Kier molecular flexibility index (Phi) is 5.69. The summed E-state index contributed by atoms with van der Waals surface area (Å²) in [6.45, 7) is 4.14. The van der Waals surface area contributed by atoms with Crippen LogP contribution in [-0.2, 0) is 19.4 Å². The van der Waals surface area contributed by atoms with Crippen LogP contribution < -0.4 is 0 Å². The molecule has 3 heteroatoms. The lowest BCUT2D eigenvalue weighted by Crippen LogP contribution is -2.20. The number of aromatic nitrogens is 2. The van der Waals surface area contributed by atoms with Crippen molar-refractivity contribution in [1.29, 1.82) is 0 Å². The van der Waals surface area contributed by atoms with Crippen molar-refractivity contribution in [3.63, 3.8) is 0 Å². The van der Waals surface area contributed by atoms with Crippen LogP contribution >= 0.6 is 0 Å². The fourth-order valence-corrected chi connectivity index (χ4v) is 2.21. The number of hydrogen-bond acceptors (Lipinski definition) is 3. The van der Waals surface area contributed by atoms with E-state index < -0.39 is 0 Å². The van der Waals surface area contributed by atoms with E-state index in [-0.39, 0.29) is 0 Å². The smallest absolute Gasteiger partial charge is 0.0544 e. The Bertz CT molecular complexity index is 493. The van der Waals surface area contributed by atoms with Crippen molar-refractivity contribution in [2.75, 3.05) is 13.6 Å². The molecule has 0 aliphatic carbocycles. The highest BCUT2D eigenvalue weighted by molar-refractivity contribution is 5.13. The predicted molar refractivity (Wildman–Crippen MR) is 82.5 cm³/mol. The van der Waals surface area contributed by atoms with E-state index in [0.29, 0.717) is 0 Å². The molecule has 0 fully saturated rings. The van der Waals surface area contributed by atoms with Gasteiger partial charge in [0.2, 0.25) is 0 Å². The number of rotatable bonds is 7. The third-order valence-electron chi connectivity index (χ3n) is 3.45. The molecule has 0 N–H and O–H groups in total. The summed E-state index contributed by atoms with van der Waals surface area (Å²) in [6.07, 6.45) is 9.04. The van der Waals surface area contributed by atoms with Gasteiger partial charge >= 0.3 is 0 Å². The monoisotopic (exact) mass is 269 g/mol. The third-order valence-corrected chi connectivity index (χ3v) is 3.45. The Labute approximate surface area is 121 Å². The first-order valence-corrected chi connectivity index (χ1v) is 7.29. The topological polar surface area (TPSA) is 29.0 Å². The average Bonchev–Trinajstić information content (AvgIpc) is 2.49. The van der Waals surface area contributed by atoms with E-state index in [1.807, 2.05) is 24.7 Å². The number of hydrogen-bond donors (Lipinski definition) is 0. The lowest BCUT2D eigenvalue weighted by atomic mass is 10.1. The molecule has 0 atom stereocenters. The maximum Gasteiger partial charge on any atom is 0.0544 e. The first kappa shape index (κ1) is 14.7. The standard InChI is InChI=1S/C17H23N3/c1-3-15-8-9-17(19-13-15)14-20(2)11-5-7-16-6-4-10-18-12-16/h4,6,8-10,12-13H,3,5,7,11,14H2,1-2H3. The van der Waals surface area contributed by atoms with Gasteiger partial charge in [0.1, 0.15) is 0 Å². The zero-order valence-electron chi connectivity index (χ0n) is 12.4. The molecule has 2 rings (SSSR count). The van der Waals surface area contributed by atoms with Crippen LogP contribution in [0, 0.1) is 0 Å². The summed E-state index contributed by atoms with van der Waals surface area (Å²) in [7, 11) is 2.15. The summed E-state index contributed by atoms with van der Waals surface area (Å²) in [5, 5.41) is 0. The van der Waals surface area contributed by atoms with Gasteiger partial charge in [0.15, 0.2) is 0 Å². The second kappa shape index (κ2) is 7.75. The molecule has 3 nitrogen and oxygen atoms in total. The highest BCUT2D eigenvalue weighted by Crippen LogP contribution is 2.05. The van der Waals surface area contributed by atoms with E-state index in [1.165, 1.54) is 11.1 Å². The molecule has 0 aliphatic heterocycles. The lowest BCUT2D eigenvalue weighted by molar-refractivity contribution is 0.318. The van der Waals surface area contributed by atoms with E-state index in [2.05, 4.69) is 47.0 Å². The SMILES string of the molecule is CCc1ccc(CN(C)CCCc2cccnc2)nc1. The van der Waals surface area contributed by atoms with Gasteiger partial charge in [0.25, 0.3) is 0 Å². The van der Waals surface area contributed by atoms with Crippen molar-refractivity contribution in [2.24, 2.45) is 0 Å². The van der Waals surface area contributed by atoms with Gasteiger partial charge in [-0.2, -0.15) is 0 Å². The van der Waals surface area contributed by atoms with Crippen molar-refractivity contribution < 1.29 is 0 Å². The van der Waals surface area contributed by atoms with E-state index in [0.717, 1.165) is 38.0 Å². The van der Waals surface area contributed by atoms with E-state index in [9.17, 15) is 0 Å². The molecule has 0 spiro atoms. The Morgan fingerprint density at radius 3 is 2.65 bits per heavy atom. The van der Waals surface area contributed by atoms with Gasteiger partial charge in [-0.05, 0) is 56.1 Å². The molecule has 2 heterocycles.